The third-order valence-electron chi connectivity index (χ3n) is 3.12. The van der Waals surface area contributed by atoms with Gasteiger partial charge in [0.05, 0.1) is 0 Å². The quantitative estimate of drug-likeness (QED) is 0.785. The van der Waals surface area contributed by atoms with Crippen molar-refractivity contribution in [2.24, 2.45) is 0 Å². The van der Waals surface area contributed by atoms with Crippen molar-refractivity contribution < 1.29 is 13.9 Å². The topological polar surface area (TPSA) is 26.3 Å². The fraction of sp³-hybridized carbons (Fsp3) is 0.462. The van der Waals surface area contributed by atoms with Crippen molar-refractivity contribution in [2.45, 2.75) is 31.8 Å². The molecule has 0 amide bonds. The molecule has 1 saturated heterocycles. The first-order chi connectivity index (χ1) is 7.62. The van der Waals surface area contributed by atoms with Crippen LogP contribution in [0.1, 0.15) is 25.3 Å². The highest BCUT2D eigenvalue weighted by molar-refractivity contribution is 5.89. The summed E-state index contributed by atoms with van der Waals surface area (Å²) in [5.74, 6) is -0.354. The first kappa shape index (κ1) is 11.3. The van der Waals surface area contributed by atoms with Gasteiger partial charge in [-0.3, -0.25) is 4.79 Å². The summed E-state index contributed by atoms with van der Waals surface area (Å²) in [6.45, 7) is 2.42. The number of ether oxygens (including phenoxy) is 1. The van der Waals surface area contributed by atoms with Gasteiger partial charge in [0.1, 0.15) is 11.4 Å². The van der Waals surface area contributed by atoms with E-state index in [9.17, 15) is 9.18 Å². The van der Waals surface area contributed by atoms with Crippen LogP contribution < -0.4 is 0 Å². The molecule has 2 rings (SSSR count). The van der Waals surface area contributed by atoms with E-state index in [0.717, 1.165) is 12.8 Å². The molecule has 1 aromatic carbocycles. The second kappa shape index (κ2) is 4.34. The molecule has 1 heterocycles. The normalized spacial score (nSPS) is 24.6. The molecule has 86 valence electrons. The van der Waals surface area contributed by atoms with E-state index in [1.807, 2.05) is 0 Å². The Hall–Kier alpha value is -1.22. The molecule has 0 aromatic heterocycles. The Morgan fingerprint density at radius 3 is 2.88 bits per heavy atom. The number of carbonyl (C=O) groups is 1. The maximum atomic E-state index is 13.4. The van der Waals surface area contributed by atoms with Gasteiger partial charge in [0.15, 0.2) is 5.78 Å². The van der Waals surface area contributed by atoms with Crippen molar-refractivity contribution in [3.8, 4) is 0 Å². The molecule has 1 aliphatic heterocycles. The van der Waals surface area contributed by atoms with Gasteiger partial charge in [0.2, 0.25) is 0 Å². The Kier molecular flexibility index (Phi) is 3.06. The number of hydrogen-bond donors (Lipinski definition) is 0. The zero-order valence-corrected chi connectivity index (χ0v) is 9.33. The summed E-state index contributed by atoms with van der Waals surface area (Å²) >= 11 is 0. The molecule has 0 aliphatic carbocycles. The molecule has 0 saturated carbocycles. The first-order valence-corrected chi connectivity index (χ1v) is 5.52. The zero-order chi connectivity index (χ0) is 11.6. The summed E-state index contributed by atoms with van der Waals surface area (Å²) in [5, 5.41) is 0. The highest BCUT2D eigenvalue weighted by atomic mass is 19.1. The van der Waals surface area contributed by atoms with Gasteiger partial charge < -0.3 is 4.74 Å². The van der Waals surface area contributed by atoms with E-state index in [4.69, 9.17) is 4.74 Å². The van der Waals surface area contributed by atoms with Crippen LogP contribution in [0.3, 0.4) is 0 Å². The van der Waals surface area contributed by atoms with Crippen LogP contribution in [0, 0.1) is 5.82 Å². The summed E-state index contributed by atoms with van der Waals surface area (Å²) in [6.07, 6.45) is 1.75. The molecule has 1 aliphatic rings. The van der Waals surface area contributed by atoms with E-state index in [1.165, 1.54) is 6.07 Å². The predicted octanol–water partition coefficient (Wildman–Crippen LogP) is 2.51. The minimum Gasteiger partial charge on any atom is -0.367 e. The van der Waals surface area contributed by atoms with Crippen molar-refractivity contribution in [2.75, 3.05) is 6.61 Å². The highest BCUT2D eigenvalue weighted by Crippen LogP contribution is 2.27. The van der Waals surface area contributed by atoms with Gasteiger partial charge >= 0.3 is 0 Å². The number of hydrogen-bond acceptors (Lipinski definition) is 2. The van der Waals surface area contributed by atoms with Gasteiger partial charge in [-0.05, 0) is 31.4 Å². The van der Waals surface area contributed by atoms with Crippen LogP contribution >= 0.6 is 0 Å². The third kappa shape index (κ3) is 2.14. The average molecular weight is 222 g/mol. The van der Waals surface area contributed by atoms with Gasteiger partial charge in [-0.15, -0.1) is 0 Å². The van der Waals surface area contributed by atoms with E-state index in [-0.39, 0.29) is 18.0 Å². The second-order valence-corrected chi connectivity index (χ2v) is 4.37. The van der Waals surface area contributed by atoms with Gasteiger partial charge in [-0.25, -0.2) is 4.39 Å². The Balaban J connectivity index is 2.10. The van der Waals surface area contributed by atoms with Gasteiger partial charge in [-0.1, -0.05) is 18.2 Å². The molecular weight excluding hydrogens is 207 g/mol. The van der Waals surface area contributed by atoms with E-state index >= 15 is 0 Å². The van der Waals surface area contributed by atoms with Crippen LogP contribution in [0.15, 0.2) is 24.3 Å². The van der Waals surface area contributed by atoms with Crippen molar-refractivity contribution in [3.63, 3.8) is 0 Å². The molecule has 0 radical (unpaired) electrons. The Morgan fingerprint density at radius 1 is 1.50 bits per heavy atom. The average Bonchev–Trinajstić information content (AvgIpc) is 2.70. The molecule has 1 aromatic rings. The van der Waals surface area contributed by atoms with Crippen LogP contribution in [0.25, 0.3) is 0 Å². The van der Waals surface area contributed by atoms with E-state index in [1.54, 1.807) is 25.1 Å². The fourth-order valence-corrected chi connectivity index (χ4v) is 2.00. The smallest absolute Gasteiger partial charge is 0.168 e. The Morgan fingerprint density at radius 2 is 2.25 bits per heavy atom. The molecule has 0 N–H and O–H groups in total. The van der Waals surface area contributed by atoms with Crippen molar-refractivity contribution >= 4 is 5.78 Å². The maximum Gasteiger partial charge on any atom is 0.168 e. The third-order valence-corrected chi connectivity index (χ3v) is 3.12. The lowest BCUT2D eigenvalue weighted by molar-refractivity contribution is -0.136. The second-order valence-electron chi connectivity index (χ2n) is 4.37. The Labute approximate surface area is 94.4 Å². The van der Waals surface area contributed by atoms with Crippen LogP contribution in [0.2, 0.25) is 0 Å². The van der Waals surface area contributed by atoms with Crippen molar-refractivity contribution in [1.82, 2.24) is 0 Å². The summed E-state index contributed by atoms with van der Waals surface area (Å²) in [4.78, 5) is 12.0. The highest BCUT2D eigenvalue weighted by Gasteiger charge is 2.37. The van der Waals surface area contributed by atoms with Crippen LogP contribution in [0.4, 0.5) is 4.39 Å². The molecule has 1 fully saturated rings. The van der Waals surface area contributed by atoms with E-state index < -0.39 is 5.60 Å². The Bertz CT molecular complexity index is 395. The monoisotopic (exact) mass is 222 g/mol. The number of benzene rings is 1. The van der Waals surface area contributed by atoms with Crippen molar-refractivity contribution in [3.05, 3.63) is 35.6 Å². The molecule has 3 heteroatoms. The summed E-state index contributed by atoms with van der Waals surface area (Å²) in [6, 6.07) is 6.38. The molecule has 1 unspecified atom stereocenters. The molecule has 1 atom stereocenters. The summed E-state index contributed by atoms with van der Waals surface area (Å²) in [7, 11) is 0. The van der Waals surface area contributed by atoms with E-state index in [2.05, 4.69) is 0 Å². The number of Topliss-reactive ketones (excluding diaryl/α,β-unsaturated/α-hetero) is 1. The molecule has 16 heavy (non-hydrogen) atoms. The molecule has 0 spiro atoms. The van der Waals surface area contributed by atoms with Crippen LogP contribution in [0.5, 0.6) is 0 Å². The molecular formula is C13H15FO2. The number of halogens is 1. The van der Waals surface area contributed by atoms with Crippen LogP contribution in [-0.4, -0.2) is 18.0 Å². The summed E-state index contributed by atoms with van der Waals surface area (Å²) < 4.78 is 18.8. The van der Waals surface area contributed by atoms with Gasteiger partial charge in [0, 0.05) is 13.0 Å². The minimum atomic E-state index is -0.706. The number of carbonyl (C=O) groups excluding carboxylic acids is 1. The first-order valence-electron chi connectivity index (χ1n) is 5.52. The molecule has 2 nitrogen and oxygen atoms in total. The lowest BCUT2D eigenvalue weighted by atomic mass is 9.92. The largest absolute Gasteiger partial charge is 0.367 e. The van der Waals surface area contributed by atoms with Crippen molar-refractivity contribution in [1.29, 1.82) is 0 Å². The lowest BCUT2D eigenvalue weighted by Crippen LogP contribution is -2.35. The maximum absolute atomic E-state index is 13.4. The van der Waals surface area contributed by atoms with Gasteiger partial charge in [0.25, 0.3) is 0 Å². The van der Waals surface area contributed by atoms with Crippen LogP contribution in [-0.2, 0) is 16.0 Å². The number of ketones is 1. The molecule has 0 bridgehead atoms. The zero-order valence-electron chi connectivity index (χ0n) is 9.33. The number of rotatable bonds is 3. The van der Waals surface area contributed by atoms with Gasteiger partial charge in [-0.2, -0.15) is 0 Å². The SMILES string of the molecule is CC1(C(=O)Cc2ccccc2F)CCCO1. The predicted molar refractivity (Wildman–Crippen MR) is 58.7 cm³/mol. The lowest BCUT2D eigenvalue weighted by Gasteiger charge is -2.21. The minimum absolute atomic E-state index is 0.0323. The summed E-state index contributed by atoms with van der Waals surface area (Å²) in [5.41, 5.74) is -0.258. The standard InChI is InChI=1S/C13H15FO2/c1-13(7-4-8-16-13)12(15)9-10-5-2-3-6-11(10)14/h2-3,5-6H,4,7-9H2,1H3. The fourth-order valence-electron chi connectivity index (χ4n) is 2.00. The van der Waals surface area contributed by atoms with E-state index in [0.29, 0.717) is 12.2 Å².